The molecule has 233 valence electrons. The van der Waals surface area contributed by atoms with Gasteiger partial charge in [0.1, 0.15) is 5.82 Å². The first-order valence-corrected chi connectivity index (χ1v) is 19.5. The van der Waals surface area contributed by atoms with Crippen LogP contribution in [0.25, 0.3) is 53.8 Å². The summed E-state index contributed by atoms with van der Waals surface area (Å²) in [5.41, 5.74) is 7.03. The third-order valence-corrected chi connectivity index (χ3v) is 11.1. The number of aromatic nitrogens is 2. The van der Waals surface area contributed by atoms with Crippen molar-refractivity contribution >= 4 is 44.8 Å². The normalized spacial score (nSPS) is 11.3. The zero-order valence-electron chi connectivity index (χ0n) is 26.6. The molecule has 0 bridgehead atoms. The van der Waals surface area contributed by atoms with E-state index in [1.54, 1.807) is 11.3 Å². The van der Waals surface area contributed by atoms with Crippen molar-refractivity contribution in [2.45, 2.75) is 39.4 Å². The van der Waals surface area contributed by atoms with Crippen molar-refractivity contribution in [2.75, 3.05) is 0 Å². The van der Waals surface area contributed by atoms with Gasteiger partial charge < -0.3 is 9.97 Å². The topological polar surface area (TPSA) is 25.8 Å². The molecule has 0 N–H and O–H groups in total. The van der Waals surface area contributed by atoms with E-state index in [2.05, 4.69) is 110 Å². The first kappa shape index (κ1) is 33.6. The molecule has 0 atom stereocenters. The van der Waals surface area contributed by atoms with E-state index in [0.29, 0.717) is 5.56 Å². The van der Waals surface area contributed by atoms with Gasteiger partial charge in [-0.05, 0) is 55.3 Å². The Morgan fingerprint density at radius 3 is 2.17 bits per heavy atom. The molecule has 1 radical (unpaired) electrons. The van der Waals surface area contributed by atoms with Crippen LogP contribution in [0.1, 0.15) is 25.3 Å². The SMILES string of the molecule is CC(C)c1cc(-c2[c-]ccc3c2sc2ccccc23)ncc1F.C[Si](C)(C)c1cnc(-c2[c-]cccc2)cc1-c1ccccc1.[Ir]. The summed E-state index contributed by atoms with van der Waals surface area (Å²) in [4.78, 5) is 9.02. The minimum atomic E-state index is -1.46. The number of fused-ring (bicyclic) bond motifs is 3. The standard InChI is InChI=1S/C20H15FNS.C20H20NSi.Ir/c1-12(2)16-10-18(22-11-17(16)21)15-8-5-7-14-13-6-3-4-9-19(13)23-20(14)15;1-22(2,3)20-15-21-19(17-12-8-5-9-13-17)14-18(20)16-10-6-4-7-11-16;/h3-7,9-12H,1-2H3;4-12,14-15H,1-3H3;/q2*-1;. The first-order valence-electron chi connectivity index (χ1n) is 15.2. The second kappa shape index (κ2) is 14.3. The number of rotatable bonds is 5. The van der Waals surface area contributed by atoms with Gasteiger partial charge in [-0.15, -0.1) is 59.7 Å². The van der Waals surface area contributed by atoms with Crippen LogP contribution in [0.3, 0.4) is 0 Å². The molecule has 0 amide bonds. The van der Waals surface area contributed by atoms with Gasteiger partial charge in [0, 0.05) is 31.0 Å². The molecule has 0 aliphatic carbocycles. The number of pyridine rings is 2. The van der Waals surface area contributed by atoms with Crippen LogP contribution in [0, 0.1) is 17.9 Å². The van der Waals surface area contributed by atoms with E-state index in [0.717, 1.165) is 27.2 Å². The Hall–Kier alpha value is -3.80. The van der Waals surface area contributed by atoms with Gasteiger partial charge in [-0.2, -0.15) is 11.3 Å². The monoisotopic (exact) mass is 815 g/mol. The van der Waals surface area contributed by atoms with Crippen molar-refractivity contribution in [3.05, 3.63) is 139 Å². The van der Waals surface area contributed by atoms with Crippen LogP contribution < -0.4 is 5.19 Å². The van der Waals surface area contributed by atoms with Crippen molar-refractivity contribution in [2.24, 2.45) is 0 Å². The van der Waals surface area contributed by atoms with Crippen molar-refractivity contribution in [3.8, 4) is 33.6 Å². The summed E-state index contributed by atoms with van der Waals surface area (Å²) in [7, 11) is -1.46. The van der Waals surface area contributed by atoms with Gasteiger partial charge in [0.05, 0.1) is 14.3 Å². The quantitative estimate of drug-likeness (QED) is 0.128. The van der Waals surface area contributed by atoms with Gasteiger partial charge in [-0.3, -0.25) is 0 Å². The summed E-state index contributed by atoms with van der Waals surface area (Å²) in [6.07, 6.45) is 3.40. The molecule has 0 spiro atoms. The van der Waals surface area contributed by atoms with Gasteiger partial charge in [0.15, 0.2) is 0 Å². The molecular weight excluding hydrogens is 780 g/mol. The van der Waals surface area contributed by atoms with Crippen LogP contribution in [-0.4, -0.2) is 18.0 Å². The average Bonchev–Trinajstić information content (AvgIpc) is 3.44. The summed E-state index contributed by atoms with van der Waals surface area (Å²) in [6, 6.07) is 41.6. The van der Waals surface area contributed by atoms with E-state index in [1.165, 1.54) is 38.0 Å². The first-order chi connectivity index (χ1) is 21.7. The van der Waals surface area contributed by atoms with Crippen LogP contribution in [-0.2, 0) is 20.1 Å². The molecular formula is C40H35FIrN2SSi-2. The van der Waals surface area contributed by atoms with E-state index in [4.69, 9.17) is 4.98 Å². The van der Waals surface area contributed by atoms with Crippen molar-refractivity contribution < 1.29 is 24.5 Å². The maximum absolute atomic E-state index is 13.9. The molecule has 0 saturated carbocycles. The maximum Gasteiger partial charge on any atom is 0.143 e. The zero-order chi connectivity index (χ0) is 31.6. The van der Waals surface area contributed by atoms with Crippen LogP contribution in [0.2, 0.25) is 19.6 Å². The summed E-state index contributed by atoms with van der Waals surface area (Å²) < 4.78 is 16.3. The van der Waals surface area contributed by atoms with Crippen LogP contribution in [0.5, 0.6) is 0 Å². The Morgan fingerprint density at radius 2 is 1.46 bits per heavy atom. The van der Waals surface area contributed by atoms with Gasteiger partial charge in [0.2, 0.25) is 0 Å². The summed E-state index contributed by atoms with van der Waals surface area (Å²) in [5, 5.41) is 3.85. The molecule has 6 heteroatoms. The fourth-order valence-electron chi connectivity index (χ4n) is 5.52. The fourth-order valence-corrected chi connectivity index (χ4v) is 8.21. The van der Waals surface area contributed by atoms with E-state index < -0.39 is 8.07 Å². The second-order valence-corrected chi connectivity index (χ2v) is 18.5. The number of benzene rings is 4. The van der Waals surface area contributed by atoms with Crippen molar-refractivity contribution in [3.63, 3.8) is 0 Å². The van der Waals surface area contributed by atoms with Crippen molar-refractivity contribution in [1.29, 1.82) is 0 Å². The Kier molecular flexibility index (Phi) is 10.4. The number of thiophene rings is 1. The predicted molar refractivity (Wildman–Crippen MR) is 192 cm³/mol. The third-order valence-electron chi connectivity index (χ3n) is 7.88. The Balaban J connectivity index is 0.000000178. The van der Waals surface area contributed by atoms with Crippen LogP contribution in [0.4, 0.5) is 4.39 Å². The van der Waals surface area contributed by atoms with E-state index in [1.807, 2.05) is 50.2 Å². The molecule has 3 aromatic heterocycles. The minimum Gasteiger partial charge on any atom is -0.305 e. The minimum absolute atomic E-state index is 0. The number of hydrogen-bond donors (Lipinski definition) is 0. The van der Waals surface area contributed by atoms with Gasteiger partial charge in [0.25, 0.3) is 0 Å². The van der Waals surface area contributed by atoms with Gasteiger partial charge >= 0.3 is 0 Å². The number of hydrogen-bond acceptors (Lipinski definition) is 3. The Morgan fingerprint density at radius 1 is 0.739 bits per heavy atom. The maximum atomic E-state index is 13.9. The van der Waals surface area contributed by atoms with Crippen LogP contribution in [0.15, 0.2) is 116 Å². The zero-order valence-corrected chi connectivity index (χ0v) is 30.8. The molecule has 4 aromatic carbocycles. The fraction of sp³-hybridized carbons (Fsp3) is 0.150. The van der Waals surface area contributed by atoms with Gasteiger partial charge in [-0.25, -0.2) is 4.39 Å². The molecule has 46 heavy (non-hydrogen) atoms. The molecule has 7 rings (SSSR count). The molecule has 2 nitrogen and oxygen atoms in total. The van der Waals surface area contributed by atoms with Crippen LogP contribution >= 0.6 is 11.3 Å². The van der Waals surface area contributed by atoms with E-state index in [9.17, 15) is 4.39 Å². The molecule has 7 aromatic rings. The average molecular weight is 815 g/mol. The molecule has 0 saturated heterocycles. The van der Waals surface area contributed by atoms with E-state index >= 15 is 0 Å². The predicted octanol–water partition coefficient (Wildman–Crippen LogP) is 10.9. The summed E-state index contributed by atoms with van der Waals surface area (Å²) in [5.74, 6) is -0.120. The van der Waals surface area contributed by atoms with Crippen molar-refractivity contribution in [1.82, 2.24) is 9.97 Å². The third kappa shape index (κ3) is 7.11. The Labute approximate surface area is 289 Å². The smallest absolute Gasteiger partial charge is 0.143 e. The Bertz CT molecular complexity index is 2090. The summed E-state index contributed by atoms with van der Waals surface area (Å²) in [6.45, 7) is 11.1. The largest absolute Gasteiger partial charge is 0.305 e. The molecule has 0 unspecified atom stereocenters. The van der Waals surface area contributed by atoms with Gasteiger partial charge in [-0.1, -0.05) is 99.5 Å². The molecule has 3 heterocycles. The molecule has 0 fully saturated rings. The summed E-state index contributed by atoms with van der Waals surface area (Å²) >= 11 is 1.74. The molecule has 0 aliphatic rings. The number of halogens is 1. The van der Waals surface area contributed by atoms with E-state index in [-0.39, 0.29) is 31.8 Å². The number of nitrogens with zero attached hydrogens (tertiary/aromatic N) is 2. The molecule has 0 aliphatic heterocycles. The second-order valence-electron chi connectivity index (χ2n) is 12.4.